The first-order valence-corrected chi connectivity index (χ1v) is 9.86. The van der Waals surface area contributed by atoms with Crippen LogP contribution < -0.4 is 10.6 Å². The van der Waals surface area contributed by atoms with Crippen LogP contribution in [0, 0.1) is 6.92 Å². The zero-order valence-corrected chi connectivity index (χ0v) is 16.1. The molecule has 9 heteroatoms. The van der Waals surface area contributed by atoms with Crippen LogP contribution in [0.3, 0.4) is 0 Å². The average molecular weight is 383 g/mol. The Hall–Kier alpha value is -2.81. The maximum absolute atomic E-state index is 12.5. The average Bonchev–Trinajstić information content (AvgIpc) is 3.28. The van der Waals surface area contributed by atoms with Gasteiger partial charge >= 0.3 is 6.03 Å². The predicted octanol–water partition coefficient (Wildman–Crippen LogP) is 3.32. The molecule has 0 saturated heterocycles. The van der Waals surface area contributed by atoms with Gasteiger partial charge in [0.05, 0.1) is 23.3 Å². The van der Waals surface area contributed by atoms with Crippen molar-refractivity contribution in [3.8, 4) is 11.4 Å². The fraction of sp³-hybridized carbons (Fsp3) is 0.389. The standard InChI is InChI=1S/C18H21N7OS/c1-3-25-23-17(22-24-25)12-6-4-7-13(10-12)20-18(26)21-14-8-5-9-15-16(14)19-11(2)27-15/h4,6-7,10,14H,3,5,8-9H2,1-2H3,(H2,20,21,26)/t14-/m1/s1. The van der Waals surface area contributed by atoms with E-state index in [-0.39, 0.29) is 12.1 Å². The van der Waals surface area contributed by atoms with E-state index in [1.807, 2.05) is 38.1 Å². The molecule has 3 aromatic rings. The third-order valence-electron chi connectivity index (χ3n) is 4.48. The summed E-state index contributed by atoms with van der Waals surface area (Å²) in [6, 6.07) is 7.17. The molecule has 2 amide bonds. The lowest BCUT2D eigenvalue weighted by atomic mass is 9.98. The largest absolute Gasteiger partial charge is 0.329 e. The molecular weight excluding hydrogens is 362 g/mol. The molecule has 2 N–H and O–H groups in total. The summed E-state index contributed by atoms with van der Waals surface area (Å²) in [6.45, 7) is 4.62. The summed E-state index contributed by atoms with van der Waals surface area (Å²) in [6.07, 6.45) is 3.02. The topological polar surface area (TPSA) is 97.6 Å². The number of urea groups is 1. The Bertz CT molecular complexity index is 964. The van der Waals surface area contributed by atoms with Crippen molar-refractivity contribution in [2.24, 2.45) is 0 Å². The second-order valence-electron chi connectivity index (χ2n) is 6.47. The summed E-state index contributed by atoms with van der Waals surface area (Å²) >= 11 is 1.72. The van der Waals surface area contributed by atoms with Gasteiger partial charge in [-0.05, 0) is 50.5 Å². The molecule has 1 aliphatic carbocycles. The van der Waals surface area contributed by atoms with E-state index in [2.05, 4.69) is 31.0 Å². The van der Waals surface area contributed by atoms with E-state index in [1.54, 1.807) is 11.3 Å². The van der Waals surface area contributed by atoms with Crippen LogP contribution in [0.15, 0.2) is 24.3 Å². The highest BCUT2D eigenvalue weighted by Gasteiger charge is 2.25. The van der Waals surface area contributed by atoms with Gasteiger partial charge < -0.3 is 10.6 Å². The van der Waals surface area contributed by atoms with Crippen LogP contribution in [-0.4, -0.2) is 31.2 Å². The first kappa shape index (κ1) is 17.6. The van der Waals surface area contributed by atoms with Gasteiger partial charge in [0, 0.05) is 16.1 Å². The zero-order valence-electron chi connectivity index (χ0n) is 15.3. The zero-order chi connectivity index (χ0) is 18.8. The number of tetrazole rings is 1. The number of rotatable bonds is 4. The van der Waals surface area contributed by atoms with E-state index in [9.17, 15) is 4.79 Å². The summed E-state index contributed by atoms with van der Waals surface area (Å²) in [5.74, 6) is 0.538. The van der Waals surface area contributed by atoms with Crippen molar-refractivity contribution in [3.63, 3.8) is 0 Å². The molecule has 4 rings (SSSR count). The molecule has 1 aliphatic rings. The van der Waals surface area contributed by atoms with Crippen molar-refractivity contribution in [2.75, 3.05) is 5.32 Å². The third kappa shape index (κ3) is 3.82. The molecule has 0 radical (unpaired) electrons. The minimum atomic E-state index is -0.235. The fourth-order valence-electron chi connectivity index (χ4n) is 3.23. The first-order valence-electron chi connectivity index (χ1n) is 9.04. The number of carbonyl (C=O) groups excluding carboxylic acids is 1. The van der Waals surface area contributed by atoms with E-state index >= 15 is 0 Å². The van der Waals surface area contributed by atoms with Gasteiger partial charge in [-0.1, -0.05) is 12.1 Å². The number of nitrogens with zero attached hydrogens (tertiary/aromatic N) is 5. The molecule has 0 saturated carbocycles. The number of fused-ring (bicyclic) bond motifs is 1. The molecule has 2 aromatic heterocycles. The van der Waals surface area contributed by atoms with E-state index in [1.165, 1.54) is 9.67 Å². The molecule has 27 heavy (non-hydrogen) atoms. The lowest BCUT2D eigenvalue weighted by Crippen LogP contribution is -2.34. The Morgan fingerprint density at radius 3 is 3.11 bits per heavy atom. The number of aryl methyl sites for hydroxylation is 3. The highest BCUT2D eigenvalue weighted by molar-refractivity contribution is 7.11. The number of nitrogens with one attached hydrogen (secondary N) is 2. The number of thiazole rings is 1. The van der Waals surface area contributed by atoms with Crippen LogP contribution in [0.1, 0.15) is 41.4 Å². The lowest BCUT2D eigenvalue weighted by Gasteiger charge is -2.22. The fourth-order valence-corrected chi connectivity index (χ4v) is 4.27. The second-order valence-corrected chi connectivity index (χ2v) is 7.75. The van der Waals surface area contributed by atoms with Gasteiger partial charge in [0.1, 0.15) is 0 Å². The van der Waals surface area contributed by atoms with Crippen LogP contribution >= 0.6 is 11.3 Å². The van der Waals surface area contributed by atoms with Gasteiger partial charge in [-0.15, -0.1) is 21.5 Å². The number of benzene rings is 1. The number of hydrogen-bond acceptors (Lipinski definition) is 6. The summed E-state index contributed by atoms with van der Waals surface area (Å²) in [5.41, 5.74) is 2.51. The Kier molecular flexibility index (Phi) is 4.85. The predicted molar refractivity (Wildman–Crippen MR) is 104 cm³/mol. The number of aromatic nitrogens is 5. The highest BCUT2D eigenvalue weighted by atomic mass is 32.1. The highest BCUT2D eigenvalue weighted by Crippen LogP contribution is 2.33. The van der Waals surface area contributed by atoms with Crippen LogP contribution in [0.2, 0.25) is 0 Å². The van der Waals surface area contributed by atoms with Gasteiger partial charge in [-0.3, -0.25) is 0 Å². The van der Waals surface area contributed by atoms with E-state index in [0.717, 1.165) is 35.5 Å². The molecule has 0 bridgehead atoms. The normalized spacial score (nSPS) is 16.0. The molecule has 0 spiro atoms. The van der Waals surface area contributed by atoms with E-state index in [0.29, 0.717) is 18.1 Å². The molecule has 140 valence electrons. The molecule has 0 fully saturated rings. The molecule has 2 heterocycles. The minimum absolute atomic E-state index is 0.0343. The SMILES string of the molecule is CCn1nnc(-c2cccc(NC(=O)N[C@@H]3CCCc4sc(C)nc43)c2)n1. The molecule has 1 aromatic carbocycles. The Labute approximate surface area is 161 Å². The maximum Gasteiger partial charge on any atom is 0.319 e. The number of anilines is 1. The monoisotopic (exact) mass is 383 g/mol. The minimum Gasteiger partial charge on any atom is -0.329 e. The molecule has 1 atom stereocenters. The number of hydrogen-bond donors (Lipinski definition) is 2. The van der Waals surface area contributed by atoms with Crippen molar-refractivity contribution < 1.29 is 4.79 Å². The van der Waals surface area contributed by atoms with Gasteiger partial charge in [-0.2, -0.15) is 4.80 Å². The van der Waals surface area contributed by atoms with Crippen molar-refractivity contribution >= 4 is 23.1 Å². The summed E-state index contributed by atoms with van der Waals surface area (Å²) in [5, 5.41) is 19.3. The van der Waals surface area contributed by atoms with Crippen LogP contribution in [0.4, 0.5) is 10.5 Å². The lowest BCUT2D eigenvalue weighted by molar-refractivity contribution is 0.247. The second kappa shape index (κ2) is 7.43. The van der Waals surface area contributed by atoms with Gasteiger partial charge in [-0.25, -0.2) is 9.78 Å². The van der Waals surface area contributed by atoms with Crippen molar-refractivity contribution in [1.29, 1.82) is 0 Å². The first-order chi connectivity index (χ1) is 13.1. The van der Waals surface area contributed by atoms with Crippen molar-refractivity contribution in [2.45, 2.75) is 45.7 Å². The van der Waals surface area contributed by atoms with Gasteiger partial charge in [0.2, 0.25) is 5.82 Å². The van der Waals surface area contributed by atoms with Crippen molar-refractivity contribution in [3.05, 3.63) is 39.8 Å². The van der Waals surface area contributed by atoms with Gasteiger partial charge in [0.15, 0.2) is 0 Å². The summed E-state index contributed by atoms with van der Waals surface area (Å²) < 4.78 is 0. The number of carbonyl (C=O) groups is 1. The van der Waals surface area contributed by atoms with E-state index in [4.69, 9.17) is 0 Å². The van der Waals surface area contributed by atoms with Crippen LogP contribution in [0.5, 0.6) is 0 Å². The Morgan fingerprint density at radius 1 is 1.41 bits per heavy atom. The molecule has 8 nitrogen and oxygen atoms in total. The Balaban J connectivity index is 1.45. The van der Waals surface area contributed by atoms with Crippen molar-refractivity contribution in [1.82, 2.24) is 30.5 Å². The van der Waals surface area contributed by atoms with E-state index < -0.39 is 0 Å². The summed E-state index contributed by atoms with van der Waals surface area (Å²) in [7, 11) is 0. The molecule has 0 unspecified atom stereocenters. The quantitative estimate of drug-likeness (QED) is 0.720. The van der Waals surface area contributed by atoms with Crippen LogP contribution in [0.25, 0.3) is 11.4 Å². The Morgan fingerprint density at radius 2 is 2.30 bits per heavy atom. The molecular formula is C18H21N7OS. The molecule has 0 aliphatic heterocycles. The van der Waals surface area contributed by atoms with Crippen LogP contribution in [-0.2, 0) is 13.0 Å². The smallest absolute Gasteiger partial charge is 0.319 e. The number of amides is 2. The van der Waals surface area contributed by atoms with Gasteiger partial charge in [0.25, 0.3) is 0 Å². The maximum atomic E-state index is 12.5. The summed E-state index contributed by atoms with van der Waals surface area (Å²) in [4.78, 5) is 19.9. The third-order valence-corrected chi connectivity index (χ3v) is 5.53.